The minimum atomic E-state index is 0.751. The van der Waals surface area contributed by atoms with Crippen molar-refractivity contribution in [2.75, 3.05) is 0 Å². The second-order valence-corrected chi connectivity index (χ2v) is 3.22. The molecule has 0 amide bonds. The van der Waals surface area contributed by atoms with Gasteiger partial charge in [0.15, 0.2) is 5.65 Å². The van der Waals surface area contributed by atoms with Crippen LogP contribution in [0.25, 0.3) is 22.2 Å². The molecule has 0 fully saturated rings. The highest BCUT2D eigenvalue weighted by Gasteiger charge is 2.05. The lowest BCUT2D eigenvalue weighted by molar-refractivity contribution is 1.06. The molecule has 0 atom stereocenters. The molecule has 0 unspecified atom stereocenters. The molecule has 0 aliphatic rings. The SMILES string of the molecule is Cc1n[nH]c2nc3ccccc3nc12. The van der Waals surface area contributed by atoms with Gasteiger partial charge < -0.3 is 0 Å². The zero-order valence-corrected chi connectivity index (χ0v) is 7.65. The molecule has 3 rings (SSSR count). The van der Waals surface area contributed by atoms with Gasteiger partial charge in [-0.2, -0.15) is 5.10 Å². The van der Waals surface area contributed by atoms with E-state index in [1.54, 1.807) is 0 Å². The predicted octanol–water partition coefficient (Wildman–Crippen LogP) is 1.81. The van der Waals surface area contributed by atoms with Crippen molar-refractivity contribution < 1.29 is 0 Å². The summed E-state index contributed by atoms with van der Waals surface area (Å²) in [6.45, 7) is 1.92. The van der Waals surface area contributed by atoms with Crippen LogP contribution in [0.2, 0.25) is 0 Å². The van der Waals surface area contributed by atoms with E-state index >= 15 is 0 Å². The Morgan fingerprint density at radius 2 is 1.79 bits per heavy atom. The van der Waals surface area contributed by atoms with Crippen molar-refractivity contribution in [3.05, 3.63) is 30.0 Å². The van der Waals surface area contributed by atoms with Crippen LogP contribution in [0.15, 0.2) is 24.3 Å². The Bertz CT molecular complexity index is 612. The van der Waals surface area contributed by atoms with Crippen LogP contribution in [0, 0.1) is 6.92 Å². The topological polar surface area (TPSA) is 54.5 Å². The van der Waals surface area contributed by atoms with Gasteiger partial charge in [0.05, 0.1) is 16.7 Å². The normalized spacial score (nSPS) is 11.2. The Balaban J connectivity index is 2.54. The Kier molecular flexibility index (Phi) is 1.33. The second-order valence-electron chi connectivity index (χ2n) is 3.22. The average molecular weight is 184 g/mol. The zero-order valence-electron chi connectivity index (χ0n) is 7.65. The molecule has 0 bridgehead atoms. The first kappa shape index (κ1) is 7.44. The molecule has 0 saturated carbocycles. The van der Waals surface area contributed by atoms with Crippen LogP contribution >= 0.6 is 0 Å². The summed E-state index contributed by atoms with van der Waals surface area (Å²) in [6.07, 6.45) is 0. The summed E-state index contributed by atoms with van der Waals surface area (Å²) in [6, 6.07) is 7.80. The van der Waals surface area contributed by atoms with E-state index in [9.17, 15) is 0 Å². The van der Waals surface area contributed by atoms with Crippen molar-refractivity contribution in [3.63, 3.8) is 0 Å². The van der Waals surface area contributed by atoms with E-state index in [0.29, 0.717) is 0 Å². The summed E-state index contributed by atoms with van der Waals surface area (Å²) in [7, 11) is 0. The molecule has 3 aromatic rings. The summed E-state index contributed by atoms with van der Waals surface area (Å²) < 4.78 is 0. The first-order chi connectivity index (χ1) is 6.84. The highest BCUT2D eigenvalue weighted by molar-refractivity contribution is 5.85. The number of aromatic amines is 1. The minimum absolute atomic E-state index is 0.751. The molecule has 1 N–H and O–H groups in total. The first-order valence-electron chi connectivity index (χ1n) is 4.42. The van der Waals surface area contributed by atoms with Gasteiger partial charge in [0.1, 0.15) is 5.52 Å². The van der Waals surface area contributed by atoms with Crippen molar-refractivity contribution in [3.8, 4) is 0 Å². The molecular formula is C10H8N4. The molecule has 14 heavy (non-hydrogen) atoms. The lowest BCUT2D eigenvalue weighted by Gasteiger charge is -1.95. The molecule has 2 heterocycles. The minimum Gasteiger partial charge on any atom is -0.259 e. The highest BCUT2D eigenvalue weighted by Crippen LogP contribution is 2.15. The van der Waals surface area contributed by atoms with Gasteiger partial charge >= 0.3 is 0 Å². The van der Waals surface area contributed by atoms with Gasteiger partial charge in [0.25, 0.3) is 0 Å². The summed E-state index contributed by atoms with van der Waals surface area (Å²) in [5.41, 5.74) is 4.29. The summed E-state index contributed by atoms with van der Waals surface area (Å²) in [4.78, 5) is 8.90. The van der Waals surface area contributed by atoms with Gasteiger partial charge in [-0.25, -0.2) is 9.97 Å². The van der Waals surface area contributed by atoms with E-state index in [2.05, 4.69) is 20.2 Å². The third kappa shape index (κ3) is 0.907. The molecule has 2 aromatic heterocycles. The van der Waals surface area contributed by atoms with Crippen LogP contribution in [0.4, 0.5) is 0 Å². The van der Waals surface area contributed by atoms with Crippen molar-refractivity contribution in [2.45, 2.75) is 6.92 Å². The summed E-state index contributed by atoms with van der Waals surface area (Å²) in [5, 5.41) is 6.93. The molecule has 4 heteroatoms. The van der Waals surface area contributed by atoms with Crippen LogP contribution in [-0.2, 0) is 0 Å². The Morgan fingerprint density at radius 3 is 2.57 bits per heavy atom. The number of fused-ring (bicyclic) bond motifs is 2. The van der Waals surface area contributed by atoms with Crippen LogP contribution in [0.3, 0.4) is 0 Å². The predicted molar refractivity (Wildman–Crippen MR) is 53.9 cm³/mol. The fourth-order valence-corrected chi connectivity index (χ4v) is 1.52. The number of H-pyrrole nitrogens is 1. The van der Waals surface area contributed by atoms with Gasteiger partial charge in [0.2, 0.25) is 0 Å². The lowest BCUT2D eigenvalue weighted by atomic mass is 10.3. The maximum atomic E-state index is 4.48. The molecule has 0 radical (unpaired) electrons. The van der Waals surface area contributed by atoms with E-state index in [1.807, 2.05) is 31.2 Å². The summed E-state index contributed by atoms with van der Waals surface area (Å²) in [5.74, 6) is 0. The van der Waals surface area contributed by atoms with Crippen LogP contribution < -0.4 is 0 Å². The maximum absolute atomic E-state index is 4.48. The number of para-hydroxylation sites is 2. The molecule has 1 aromatic carbocycles. The largest absolute Gasteiger partial charge is 0.259 e. The quantitative estimate of drug-likeness (QED) is 0.579. The number of rotatable bonds is 0. The second kappa shape index (κ2) is 2.51. The van der Waals surface area contributed by atoms with Gasteiger partial charge in [-0.15, -0.1) is 0 Å². The van der Waals surface area contributed by atoms with Crippen molar-refractivity contribution in [1.82, 2.24) is 20.2 Å². The number of hydrogen-bond acceptors (Lipinski definition) is 3. The van der Waals surface area contributed by atoms with Gasteiger partial charge in [-0.3, -0.25) is 5.10 Å². The zero-order chi connectivity index (χ0) is 9.54. The molecule has 4 nitrogen and oxygen atoms in total. The molecule has 0 aliphatic heterocycles. The Labute approximate surface area is 80.0 Å². The Hall–Kier alpha value is -1.97. The molecule has 68 valence electrons. The van der Waals surface area contributed by atoms with Gasteiger partial charge in [-0.05, 0) is 19.1 Å². The Morgan fingerprint density at radius 1 is 1.07 bits per heavy atom. The van der Waals surface area contributed by atoms with Crippen molar-refractivity contribution >= 4 is 22.2 Å². The van der Waals surface area contributed by atoms with Crippen LogP contribution in [0.1, 0.15) is 5.69 Å². The number of hydrogen-bond donors (Lipinski definition) is 1. The van der Waals surface area contributed by atoms with Gasteiger partial charge in [-0.1, -0.05) is 12.1 Å². The highest BCUT2D eigenvalue weighted by atomic mass is 15.2. The average Bonchev–Trinajstić information content (AvgIpc) is 2.57. The smallest absolute Gasteiger partial charge is 0.175 e. The third-order valence-electron chi connectivity index (χ3n) is 2.24. The fourth-order valence-electron chi connectivity index (χ4n) is 1.52. The van der Waals surface area contributed by atoms with E-state index in [4.69, 9.17) is 0 Å². The number of benzene rings is 1. The number of nitrogens with zero attached hydrogens (tertiary/aromatic N) is 3. The van der Waals surface area contributed by atoms with Crippen molar-refractivity contribution in [1.29, 1.82) is 0 Å². The molecular weight excluding hydrogens is 176 g/mol. The molecule has 0 aliphatic carbocycles. The first-order valence-corrected chi connectivity index (χ1v) is 4.42. The third-order valence-corrected chi connectivity index (χ3v) is 2.24. The van der Waals surface area contributed by atoms with Crippen molar-refractivity contribution in [2.24, 2.45) is 0 Å². The van der Waals surface area contributed by atoms with Crippen LogP contribution in [0.5, 0.6) is 0 Å². The molecule has 0 spiro atoms. The van der Waals surface area contributed by atoms with E-state index in [1.165, 1.54) is 0 Å². The standard InChI is InChI=1S/C10H8N4/c1-6-9-10(14-13-6)12-8-5-3-2-4-7(8)11-9/h2-5H,1H3,(H,12,13,14). The van der Waals surface area contributed by atoms with E-state index < -0.39 is 0 Å². The number of aromatic nitrogens is 4. The van der Waals surface area contributed by atoms with Crippen LogP contribution in [-0.4, -0.2) is 20.2 Å². The van der Waals surface area contributed by atoms with E-state index in [-0.39, 0.29) is 0 Å². The monoisotopic (exact) mass is 184 g/mol. The molecule has 0 saturated heterocycles. The van der Waals surface area contributed by atoms with E-state index in [0.717, 1.165) is 27.9 Å². The maximum Gasteiger partial charge on any atom is 0.175 e. The number of aryl methyl sites for hydroxylation is 1. The lowest BCUT2D eigenvalue weighted by Crippen LogP contribution is -1.85. The van der Waals surface area contributed by atoms with Gasteiger partial charge in [0, 0.05) is 0 Å². The summed E-state index contributed by atoms with van der Waals surface area (Å²) >= 11 is 0. The fraction of sp³-hybridized carbons (Fsp3) is 0.100. The number of nitrogens with one attached hydrogen (secondary N) is 1.